The Morgan fingerprint density at radius 1 is 0.484 bits per heavy atom. The second kappa shape index (κ2) is 14.9. The topological polar surface area (TPSA) is 65.0 Å². The second-order valence-electron chi connectivity index (χ2n) is 16.2. The van der Waals surface area contributed by atoms with Crippen molar-refractivity contribution < 1.29 is 8.83 Å². The normalized spacial score (nSPS) is 14.8. The van der Waals surface area contributed by atoms with E-state index in [0.29, 0.717) is 17.5 Å². The minimum absolute atomic E-state index is 0.556. The summed E-state index contributed by atoms with van der Waals surface area (Å²) in [5.41, 5.74) is 14.7. The first-order valence-corrected chi connectivity index (χ1v) is 21.6. The molecule has 1 aliphatic carbocycles. The summed E-state index contributed by atoms with van der Waals surface area (Å²) in [4.78, 5) is 15.6. The second-order valence-corrected chi connectivity index (χ2v) is 16.2. The molecule has 5 nitrogen and oxygen atoms in total. The molecule has 5 heteroatoms. The molecule has 11 aromatic rings. The van der Waals surface area contributed by atoms with Crippen LogP contribution in [0.5, 0.6) is 0 Å². The summed E-state index contributed by atoms with van der Waals surface area (Å²) in [7, 11) is 0. The van der Waals surface area contributed by atoms with Gasteiger partial charge in [-0.05, 0) is 81.8 Å². The lowest BCUT2D eigenvalue weighted by Crippen LogP contribution is -2.29. The number of hydrogen-bond donors (Lipinski definition) is 0. The lowest BCUT2D eigenvalue weighted by molar-refractivity contribution is 0.668. The highest BCUT2D eigenvalue weighted by Crippen LogP contribution is 2.59. The summed E-state index contributed by atoms with van der Waals surface area (Å²) in [5.74, 6) is 1.70. The van der Waals surface area contributed by atoms with E-state index < -0.39 is 5.41 Å². The van der Waals surface area contributed by atoms with Gasteiger partial charge in [0, 0.05) is 38.2 Å². The Morgan fingerprint density at radius 3 is 1.78 bits per heavy atom. The van der Waals surface area contributed by atoms with Crippen molar-refractivity contribution >= 4 is 43.9 Å². The number of fused-ring (bicyclic) bond motifs is 9. The Bertz CT molecular complexity index is 3710. The number of para-hydroxylation sites is 1. The molecule has 1 aliphatic rings. The van der Waals surface area contributed by atoms with Crippen molar-refractivity contribution in [2.75, 3.05) is 0 Å². The van der Waals surface area contributed by atoms with Gasteiger partial charge in [0.1, 0.15) is 22.3 Å². The largest absolute Gasteiger partial charge is 0.456 e. The van der Waals surface area contributed by atoms with Crippen molar-refractivity contribution in [3.63, 3.8) is 0 Å². The van der Waals surface area contributed by atoms with Gasteiger partial charge >= 0.3 is 0 Å². The quantitative estimate of drug-likeness (QED) is 0.143. The predicted octanol–water partition coefficient (Wildman–Crippen LogP) is 15.3. The lowest BCUT2D eigenvalue weighted by atomic mass is 9.66. The number of furan rings is 2. The molecule has 302 valence electrons. The summed E-state index contributed by atoms with van der Waals surface area (Å²) >= 11 is 0. The molecule has 1 unspecified atom stereocenters. The summed E-state index contributed by atoms with van der Waals surface area (Å²) in [6.07, 6.45) is 8.41. The molecule has 0 radical (unpaired) electrons. The van der Waals surface area contributed by atoms with Crippen molar-refractivity contribution in [1.29, 1.82) is 0 Å². The van der Waals surface area contributed by atoms with Gasteiger partial charge in [0.05, 0.1) is 5.41 Å². The average molecular weight is 822 g/mol. The molecular formula is C59H39N3O2. The van der Waals surface area contributed by atoms with E-state index >= 15 is 0 Å². The Balaban J connectivity index is 1.09. The zero-order chi connectivity index (χ0) is 42.8. The van der Waals surface area contributed by atoms with E-state index in [9.17, 15) is 0 Å². The molecule has 0 bridgehead atoms. The van der Waals surface area contributed by atoms with Crippen LogP contribution < -0.4 is 0 Å². The standard InChI is InChI=1S/C59H39N3O2/c1-3-18-39(19-4-2)59(40-22-9-6-10-23-40)47-29-13-11-24-42(47)53-41(26-15-30-48(53)59)38-34-35-50-46(36-38)55-45(28-17-33-52(55)64-50)58-61-56(37-20-7-5-8-21-37)60-57(62-58)44-27-16-32-51-54(44)43-25-12-14-31-49(43)63-51/h3-36H,1H2,2H3/b19-4-,39-18+. The third-order valence-corrected chi connectivity index (χ3v) is 12.7. The molecule has 64 heavy (non-hydrogen) atoms. The fourth-order valence-electron chi connectivity index (χ4n) is 10.1. The van der Waals surface area contributed by atoms with Gasteiger partial charge in [0.15, 0.2) is 17.5 Å². The molecule has 0 saturated heterocycles. The van der Waals surface area contributed by atoms with Gasteiger partial charge in [-0.25, -0.2) is 15.0 Å². The highest BCUT2D eigenvalue weighted by atomic mass is 16.3. The summed E-state index contributed by atoms with van der Waals surface area (Å²) in [5, 5.41) is 3.90. The maximum Gasteiger partial charge on any atom is 0.164 e. The van der Waals surface area contributed by atoms with Gasteiger partial charge in [-0.3, -0.25) is 0 Å². The molecular weight excluding hydrogens is 783 g/mol. The van der Waals surface area contributed by atoms with Crippen LogP contribution in [0.4, 0.5) is 0 Å². The van der Waals surface area contributed by atoms with E-state index in [-0.39, 0.29) is 0 Å². The van der Waals surface area contributed by atoms with Crippen LogP contribution in [0.1, 0.15) is 23.6 Å². The van der Waals surface area contributed by atoms with Crippen molar-refractivity contribution in [1.82, 2.24) is 15.0 Å². The Hall–Kier alpha value is -8.41. The van der Waals surface area contributed by atoms with Gasteiger partial charge in [0.25, 0.3) is 0 Å². The zero-order valence-electron chi connectivity index (χ0n) is 35.0. The molecule has 3 heterocycles. The van der Waals surface area contributed by atoms with Crippen LogP contribution in [0.3, 0.4) is 0 Å². The molecule has 0 fully saturated rings. The molecule has 0 spiro atoms. The fourth-order valence-corrected chi connectivity index (χ4v) is 10.1. The Labute approximate surface area is 370 Å². The number of allylic oxidation sites excluding steroid dienone is 5. The minimum atomic E-state index is -0.566. The van der Waals surface area contributed by atoms with E-state index in [1.54, 1.807) is 0 Å². The van der Waals surface area contributed by atoms with Gasteiger partial charge in [-0.2, -0.15) is 0 Å². The minimum Gasteiger partial charge on any atom is -0.456 e. The van der Waals surface area contributed by atoms with Gasteiger partial charge in [-0.1, -0.05) is 183 Å². The van der Waals surface area contributed by atoms with Crippen molar-refractivity contribution in [2.24, 2.45) is 0 Å². The smallest absolute Gasteiger partial charge is 0.164 e. The molecule has 0 saturated carbocycles. The van der Waals surface area contributed by atoms with E-state index in [1.807, 2.05) is 78.9 Å². The van der Waals surface area contributed by atoms with Crippen molar-refractivity contribution in [3.8, 4) is 56.4 Å². The molecule has 0 amide bonds. The van der Waals surface area contributed by atoms with Crippen molar-refractivity contribution in [2.45, 2.75) is 12.3 Å². The Kier molecular flexibility index (Phi) is 8.70. The van der Waals surface area contributed by atoms with Crippen LogP contribution in [0.15, 0.2) is 227 Å². The number of hydrogen-bond acceptors (Lipinski definition) is 5. The summed E-state index contributed by atoms with van der Waals surface area (Å²) in [6.45, 7) is 6.24. The molecule has 1 atom stereocenters. The number of rotatable bonds is 8. The summed E-state index contributed by atoms with van der Waals surface area (Å²) < 4.78 is 13.0. The number of aromatic nitrogens is 3. The molecule has 8 aromatic carbocycles. The average Bonchev–Trinajstić information content (AvgIpc) is 4.03. The molecule has 0 aliphatic heterocycles. The predicted molar refractivity (Wildman–Crippen MR) is 261 cm³/mol. The maximum atomic E-state index is 6.65. The maximum absolute atomic E-state index is 6.65. The van der Waals surface area contributed by atoms with E-state index in [2.05, 4.69) is 141 Å². The van der Waals surface area contributed by atoms with Crippen LogP contribution in [0, 0.1) is 0 Å². The fraction of sp³-hybridized carbons (Fsp3) is 0.0339. The Morgan fingerprint density at radius 2 is 1.05 bits per heavy atom. The first-order chi connectivity index (χ1) is 31.6. The SMILES string of the molecule is C=C/C=C(\C=C/C)C1(c2ccccc2)c2ccccc2-c2c(-c3ccc4oc5cccc(-c6nc(-c7ccccc7)nc(-c7cccc8oc9ccccc9c78)n6)c5c4c3)cccc21. The summed E-state index contributed by atoms with van der Waals surface area (Å²) in [6, 6.07) is 63.4. The van der Waals surface area contributed by atoms with Crippen LogP contribution in [-0.2, 0) is 5.41 Å². The first-order valence-electron chi connectivity index (χ1n) is 21.6. The molecule has 3 aromatic heterocycles. The van der Waals surface area contributed by atoms with Gasteiger partial charge in [-0.15, -0.1) is 0 Å². The van der Waals surface area contributed by atoms with Crippen molar-refractivity contribution in [3.05, 3.63) is 235 Å². The van der Waals surface area contributed by atoms with Crippen LogP contribution in [-0.4, -0.2) is 15.0 Å². The van der Waals surface area contributed by atoms with E-state index in [1.165, 1.54) is 27.8 Å². The van der Waals surface area contributed by atoms with Crippen LogP contribution >= 0.6 is 0 Å². The first kappa shape index (κ1) is 37.4. The third-order valence-electron chi connectivity index (χ3n) is 12.7. The number of nitrogens with zero attached hydrogens (tertiary/aromatic N) is 3. The molecule has 12 rings (SSSR count). The van der Waals surface area contributed by atoms with Gasteiger partial charge < -0.3 is 8.83 Å². The van der Waals surface area contributed by atoms with Gasteiger partial charge in [0.2, 0.25) is 0 Å². The molecule has 0 N–H and O–H groups in total. The highest BCUT2D eigenvalue weighted by molar-refractivity contribution is 6.14. The number of benzene rings is 8. The van der Waals surface area contributed by atoms with Crippen LogP contribution in [0.2, 0.25) is 0 Å². The zero-order valence-corrected chi connectivity index (χ0v) is 35.0. The lowest BCUT2D eigenvalue weighted by Gasteiger charge is -2.34. The van der Waals surface area contributed by atoms with E-state index in [4.69, 9.17) is 23.8 Å². The third kappa shape index (κ3) is 5.61. The van der Waals surface area contributed by atoms with Crippen LogP contribution in [0.25, 0.3) is 100 Å². The monoisotopic (exact) mass is 821 g/mol. The van der Waals surface area contributed by atoms with E-state index in [0.717, 1.165) is 77.3 Å². The highest BCUT2D eigenvalue weighted by Gasteiger charge is 2.47.